The first kappa shape index (κ1) is 11.4. The van der Waals surface area contributed by atoms with Crippen LogP contribution in [0.1, 0.15) is 42.5 Å². The van der Waals surface area contributed by atoms with Crippen LogP contribution in [0.2, 0.25) is 0 Å². The molecule has 0 bridgehead atoms. The van der Waals surface area contributed by atoms with Gasteiger partial charge in [0, 0.05) is 17.0 Å². The molecule has 2 rings (SSSR count). The molecule has 0 amide bonds. The summed E-state index contributed by atoms with van der Waals surface area (Å²) in [6.45, 7) is 0. The number of thiophene rings is 1. The number of carbonyl (C=O) groups is 1. The van der Waals surface area contributed by atoms with Crippen molar-refractivity contribution in [3.8, 4) is 0 Å². The molecule has 1 aliphatic carbocycles. The van der Waals surface area contributed by atoms with Crippen molar-refractivity contribution in [2.75, 3.05) is 0 Å². The molecular weight excluding hydrogens is 194 g/mol. The molecule has 0 aromatic carbocycles. The summed E-state index contributed by atoms with van der Waals surface area (Å²) in [4.78, 5) is 9.87. The molecule has 0 saturated heterocycles. The second-order valence-corrected chi connectivity index (χ2v) is 4.35. The van der Waals surface area contributed by atoms with Crippen LogP contribution in [-0.2, 0) is 0 Å². The molecule has 0 atom stereocenters. The summed E-state index contributed by atoms with van der Waals surface area (Å²) in [5, 5.41) is 3.69. The molecule has 0 radical (unpaired) electrons. The molecule has 1 aromatic rings. The summed E-state index contributed by atoms with van der Waals surface area (Å²) in [7, 11) is 0. The molecule has 0 spiro atoms. The third-order valence-electron chi connectivity index (χ3n) is 2.33. The normalized spacial score (nSPS) is 16.9. The molecule has 1 aliphatic rings. The predicted octanol–water partition coefficient (Wildman–Crippen LogP) is 2.84. The van der Waals surface area contributed by atoms with Gasteiger partial charge in [-0.1, -0.05) is 19.3 Å². The fraction of sp³-hybridized carbons (Fsp3) is 0.545. The highest BCUT2D eigenvalue weighted by Crippen LogP contribution is 2.14. The lowest BCUT2D eigenvalue weighted by atomic mass is 9.97. The van der Waals surface area contributed by atoms with Crippen molar-refractivity contribution >= 4 is 17.6 Å². The van der Waals surface area contributed by atoms with Gasteiger partial charge in [0.05, 0.1) is 0 Å². The van der Waals surface area contributed by atoms with E-state index in [0.29, 0.717) is 6.04 Å². The highest BCUT2D eigenvalue weighted by atomic mass is 32.1. The second kappa shape index (κ2) is 6.74. The second-order valence-electron chi connectivity index (χ2n) is 3.57. The van der Waals surface area contributed by atoms with Gasteiger partial charge in [-0.3, -0.25) is 4.79 Å². The standard InChI is InChI=1S/C6H13N.C5H4OS/c7-6-4-2-1-3-5-6;6-3-5-1-2-7-4-5/h6H,1-5,7H2;1-4H. The Balaban J connectivity index is 0.000000140. The summed E-state index contributed by atoms with van der Waals surface area (Å²) >= 11 is 1.53. The molecule has 1 heterocycles. The van der Waals surface area contributed by atoms with E-state index in [-0.39, 0.29) is 0 Å². The van der Waals surface area contributed by atoms with Crippen molar-refractivity contribution in [3.05, 3.63) is 22.4 Å². The van der Waals surface area contributed by atoms with Gasteiger partial charge in [0.25, 0.3) is 0 Å². The van der Waals surface area contributed by atoms with Gasteiger partial charge < -0.3 is 5.73 Å². The van der Waals surface area contributed by atoms with Gasteiger partial charge in [-0.2, -0.15) is 11.3 Å². The summed E-state index contributed by atoms with van der Waals surface area (Å²) in [6.07, 6.45) is 7.51. The quantitative estimate of drug-likeness (QED) is 0.726. The Bertz CT molecular complexity index is 240. The zero-order valence-electron chi connectivity index (χ0n) is 8.32. The highest BCUT2D eigenvalue weighted by Gasteiger charge is 2.06. The van der Waals surface area contributed by atoms with Gasteiger partial charge in [0.2, 0.25) is 0 Å². The van der Waals surface area contributed by atoms with Gasteiger partial charge in [-0.25, -0.2) is 0 Å². The molecular formula is C11H17NOS. The first-order valence-electron chi connectivity index (χ1n) is 5.06. The van der Waals surface area contributed by atoms with Crippen molar-refractivity contribution in [1.82, 2.24) is 0 Å². The minimum atomic E-state index is 0.536. The van der Waals surface area contributed by atoms with Crippen LogP contribution in [0.3, 0.4) is 0 Å². The molecule has 1 saturated carbocycles. The van der Waals surface area contributed by atoms with E-state index in [1.807, 2.05) is 10.8 Å². The number of carbonyl (C=O) groups excluding carboxylic acids is 1. The monoisotopic (exact) mass is 211 g/mol. The zero-order valence-corrected chi connectivity index (χ0v) is 9.13. The Morgan fingerprint density at radius 1 is 1.36 bits per heavy atom. The third-order valence-corrected chi connectivity index (χ3v) is 3.03. The van der Waals surface area contributed by atoms with E-state index >= 15 is 0 Å². The summed E-state index contributed by atoms with van der Waals surface area (Å²) in [5.74, 6) is 0. The molecule has 2 N–H and O–H groups in total. The lowest BCUT2D eigenvalue weighted by Gasteiger charge is -2.15. The van der Waals surface area contributed by atoms with Crippen molar-refractivity contribution < 1.29 is 4.79 Å². The molecule has 1 aromatic heterocycles. The Labute approximate surface area is 89.1 Å². The molecule has 1 fully saturated rings. The first-order valence-corrected chi connectivity index (χ1v) is 6.00. The van der Waals surface area contributed by atoms with E-state index in [1.165, 1.54) is 43.4 Å². The smallest absolute Gasteiger partial charge is 0.150 e. The van der Waals surface area contributed by atoms with Gasteiger partial charge in [-0.15, -0.1) is 0 Å². The Morgan fingerprint density at radius 3 is 2.36 bits per heavy atom. The molecule has 3 heteroatoms. The maximum absolute atomic E-state index is 9.87. The molecule has 0 unspecified atom stereocenters. The molecule has 2 nitrogen and oxygen atoms in total. The maximum atomic E-state index is 9.87. The topological polar surface area (TPSA) is 43.1 Å². The van der Waals surface area contributed by atoms with E-state index in [1.54, 1.807) is 6.07 Å². The average Bonchev–Trinajstić information content (AvgIpc) is 2.72. The maximum Gasteiger partial charge on any atom is 0.150 e. The fourth-order valence-electron chi connectivity index (χ4n) is 1.48. The number of nitrogens with two attached hydrogens (primary N) is 1. The van der Waals surface area contributed by atoms with Gasteiger partial charge >= 0.3 is 0 Å². The number of aldehydes is 1. The van der Waals surface area contributed by atoms with Gasteiger partial charge in [0.15, 0.2) is 6.29 Å². The Kier molecular flexibility index (Phi) is 5.49. The van der Waals surface area contributed by atoms with Crippen LogP contribution in [0.15, 0.2) is 16.8 Å². The van der Waals surface area contributed by atoms with E-state index in [9.17, 15) is 4.79 Å². The Hall–Kier alpha value is -0.670. The zero-order chi connectivity index (χ0) is 10.2. The molecule has 78 valence electrons. The lowest BCUT2D eigenvalue weighted by molar-refractivity contribution is 0.112. The minimum Gasteiger partial charge on any atom is -0.328 e. The van der Waals surface area contributed by atoms with Crippen LogP contribution in [0.4, 0.5) is 0 Å². The summed E-state index contributed by atoms with van der Waals surface area (Å²) in [6, 6.07) is 2.33. The molecule has 14 heavy (non-hydrogen) atoms. The predicted molar refractivity (Wildman–Crippen MR) is 60.8 cm³/mol. The molecule has 0 aliphatic heterocycles. The van der Waals surface area contributed by atoms with Gasteiger partial charge in [0.1, 0.15) is 0 Å². The minimum absolute atomic E-state index is 0.536. The fourth-order valence-corrected chi connectivity index (χ4v) is 2.08. The van der Waals surface area contributed by atoms with Crippen molar-refractivity contribution in [2.24, 2.45) is 5.73 Å². The van der Waals surface area contributed by atoms with Gasteiger partial charge in [-0.05, 0) is 24.3 Å². The largest absolute Gasteiger partial charge is 0.328 e. The number of hydrogen-bond acceptors (Lipinski definition) is 3. The SMILES string of the molecule is NC1CCCCC1.O=Cc1ccsc1. The van der Waals surface area contributed by atoms with E-state index in [2.05, 4.69) is 0 Å². The Morgan fingerprint density at radius 2 is 2.07 bits per heavy atom. The van der Waals surface area contributed by atoms with Crippen molar-refractivity contribution in [2.45, 2.75) is 38.1 Å². The summed E-state index contributed by atoms with van der Waals surface area (Å²) < 4.78 is 0. The van der Waals surface area contributed by atoms with Crippen LogP contribution in [0.25, 0.3) is 0 Å². The summed E-state index contributed by atoms with van der Waals surface area (Å²) in [5.41, 5.74) is 6.40. The average molecular weight is 211 g/mol. The third kappa shape index (κ3) is 4.53. The highest BCUT2D eigenvalue weighted by molar-refractivity contribution is 7.08. The number of rotatable bonds is 1. The number of hydrogen-bond donors (Lipinski definition) is 1. The van der Waals surface area contributed by atoms with E-state index in [4.69, 9.17) is 5.73 Å². The van der Waals surface area contributed by atoms with E-state index in [0.717, 1.165) is 11.8 Å². The first-order chi connectivity index (χ1) is 6.83. The van der Waals surface area contributed by atoms with Crippen LogP contribution in [-0.4, -0.2) is 12.3 Å². The van der Waals surface area contributed by atoms with E-state index < -0.39 is 0 Å². The lowest BCUT2D eigenvalue weighted by Crippen LogP contribution is -2.22. The van der Waals surface area contributed by atoms with Crippen LogP contribution in [0.5, 0.6) is 0 Å². The van der Waals surface area contributed by atoms with Crippen LogP contribution < -0.4 is 5.73 Å². The van der Waals surface area contributed by atoms with Crippen LogP contribution >= 0.6 is 11.3 Å². The van der Waals surface area contributed by atoms with Crippen LogP contribution in [0, 0.1) is 0 Å². The van der Waals surface area contributed by atoms with Crippen molar-refractivity contribution in [3.63, 3.8) is 0 Å². The van der Waals surface area contributed by atoms with Crippen molar-refractivity contribution in [1.29, 1.82) is 0 Å².